The molecule has 0 saturated heterocycles. The first-order valence-electron chi connectivity index (χ1n) is 6.85. The fraction of sp³-hybridized carbons (Fsp3) is 0.200. The van der Waals surface area contributed by atoms with Crippen LogP contribution in [0.3, 0.4) is 0 Å². The molecule has 6 nitrogen and oxygen atoms in total. The molecule has 3 aromatic rings. The molecule has 1 aromatic carbocycles. The number of amides is 1. The first kappa shape index (κ1) is 14.4. The fourth-order valence-electron chi connectivity index (χ4n) is 2.00. The highest BCUT2D eigenvalue weighted by Gasteiger charge is 2.16. The van der Waals surface area contributed by atoms with Gasteiger partial charge in [-0.15, -0.1) is 11.3 Å². The molecule has 112 valence electrons. The van der Waals surface area contributed by atoms with Crippen molar-refractivity contribution in [2.24, 2.45) is 0 Å². The van der Waals surface area contributed by atoms with E-state index in [9.17, 15) is 4.79 Å². The van der Waals surface area contributed by atoms with E-state index in [1.165, 1.54) is 34.2 Å². The number of rotatable bonds is 5. The van der Waals surface area contributed by atoms with E-state index < -0.39 is 6.04 Å². The van der Waals surface area contributed by atoms with Gasteiger partial charge in [0.15, 0.2) is 5.13 Å². The van der Waals surface area contributed by atoms with Crippen molar-refractivity contribution < 1.29 is 4.79 Å². The van der Waals surface area contributed by atoms with Crippen LogP contribution in [0.2, 0.25) is 0 Å². The van der Waals surface area contributed by atoms with Crippen LogP contribution >= 0.6 is 11.3 Å². The van der Waals surface area contributed by atoms with Gasteiger partial charge >= 0.3 is 0 Å². The lowest BCUT2D eigenvalue weighted by atomic mass is 10.1. The third kappa shape index (κ3) is 3.37. The molecule has 0 fully saturated rings. The monoisotopic (exact) mass is 313 g/mol. The quantitative estimate of drug-likeness (QED) is 0.785. The van der Waals surface area contributed by atoms with Crippen LogP contribution in [-0.2, 0) is 11.2 Å². The molecule has 1 N–H and O–H groups in total. The Morgan fingerprint density at radius 1 is 1.36 bits per heavy atom. The second kappa shape index (κ2) is 6.48. The van der Waals surface area contributed by atoms with Gasteiger partial charge in [-0.25, -0.2) is 14.6 Å². The zero-order valence-electron chi connectivity index (χ0n) is 12.0. The number of carbonyl (C=O) groups is 1. The Morgan fingerprint density at radius 3 is 2.91 bits per heavy atom. The Bertz CT molecular complexity index is 738. The molecule has 0 saturated carbocycles. The molecule has 0 aliphatic heterocycles. The Kier molecular flexibility index (Phi) is 4.24. The molecular formula is C15H15N5OS. The maximum Gasteiger partial charge on any atom is 0.250 e. The van der Waals surface area contributed by atoms with Gasteiger partial charge in [-0.2, -0.15) is 5.10 Å². The number of hydrogen-bond donors (Lipinski definition) is 1. The summed E-state index contributed by atoms with van der Waals surface area (Å²) in [4.78, 5) is 20.4. The summed E-state index contributed by atoms with van der Waals surface area (Å²) in [7, 11) is 0. The van der Waals surface area contributed by atoms with Crippen molar-refractivity contribution >= 4 is 22.4 Å². The summed E-state index contributed by atoms with van der Waals surface area (Å²) >= 11 is 1.42. The second-order valence-corrected chi connectivity index (χ2v) is 5.71. The van der Waals surface area contributed by atoms with Crippen molar-refractivity contribution in [3.63, 3.8) is 0 Å². The minimum Gasteiger partial charge on any atom is -0.300 e. The van der Waals surface area contributed by atoms with Crippen molar-refractivity contribution in [2.45, 2.75) is 19.4 Å². The van der Waals surface area contributed by atoms with Gasteiger partial charge in [-0.1, -0.05) is 30.3 Å². The standard InChI is InChI=1S/C15H15N5OS/c1-11(20-10-16-9-17-20)14(21)19-15-18-13(8-22-15)7-12-5-3-2-4-6-12/h2-6,8-11H,7H2,1H3,(H,18,19,21)/t11-/m0/s1. The fourth-order valence-corrected chi connectivity index (χ4v) is 2.71. The minimum atomic E-state index is -0.427. The molecule has 22 heavy (non-hydrogen) atoms. The first-order valence-corrected chi connectivity index (χ1v) is 7.73. The summed E-state index contributed by atoms with van der Waals surface area (Å²) in [6, 6.07) is 9.69. The van der Waals surface area contributed by atoms with Crippen LogP contribution in [0.1, 0.15) is 24.2 Å². The maximum atomic E-state index is 12.1. The van der Waals surface area contributed by atoms with Gasteiger partial charge in [0.2, 0.25) is 0 Å². The average molecular weight is 313 g/mol. The number of hydrogen-bond acceptors (Lipinski definition) is 5. The van der Waals surface area contributed by atoms with Crippen molar-refractivity contribution in [2.75, 3.05) is 5.32 Å². The molecule has 7 heteroatoms. The predicted octanol–water partition coefficient (Wildman–Crippen LogP) is 2.53. The lowest BCUT2D eigenvalue weighted by Gasteiger charge is -2.09. The smallest absolute Gasteiger partial charge is 0.250 e. The molecule has 2 heterocycles. The highest BCUT2D eigenvalue weighted by Crippen LogP contribution is 2.19. The molecule has 3 rings (SSSR count). The van der Waals surface area contributed by atoms with Gasteiger partial charge in [0.1, 0.15) is 18.7 Å². The summed E-state index contributed by atoms with van der Waals surface area (Å²) < 4.78 is 1.51. The van der Waals surface area contributed by atoms with Crippen LogP contribution < -0.4 is 5.32 Å². The van der Waals surface area contributed by atoms with E-state index in [0.717, 1.165) is 12.1 Å². The van der Waals surface area contributed by atoms with Crippen molar-refractivity contribution in [3.05, 3.63) is 59.6 Å². The van der Waals surface area contributed by atoms with Crippen LogP contribution in [0, 0.1) is 0 Å². The topological polar surface area (TPSA) is 72.7 Å². The number of benzene rings is 1. The number of nitrogens with one attached hydrogen (secondary N) is 1. The minimum absolute atomic E-state index is 0.161. The van der Waals surface area contributed by atoms with Gasteiger partial charge in [-0.3, -0.25) is 4.79 Å². The Hall–Kier alpha value is -2.54. The predicted molar refractivity (Wildman–Crippen MR) is 84.7 cm³/mol. The number of thiazole rings is 1. The third-order valence-corrected chi connectivity index (χ3v) is 4.03. The highest BCUT2D eigenvalue weighted by atomic mass is 32.1. The molecule has 1 atom stereocenters. The SMILES string of the molecule is C[C@@H](C(=O)Nc1nc(Cc2ccccc2)cs1)n1cncn1. The van der Waals surface area contributed by atoms with Crippen LogP contribution in [-0.4, -0.2) is 25.7 Å². The molecule has 0 aliphatic rings. The van der Waals surface area contributed by atoms with E-state index in [-0.39, 0.29) is 5.91 Å². The zero-order chi connectivity index (χ0) is 15.4. The average Bonchev–Trinajstić information content (AvgIpc) is 3.19. The van der Waals surface area contributed by atoms with Crippen LogP contribution in [0.25, 0.3) is 0 Å². The van der Waals surface area contributed by atoms with Crippen molar-refractivity contribution in [1.29, 1.82) is 0 Å². The Morgan fingerprint density at radius 2 is 2.18 bits per heavy atom. The Labute approximate surface area is 131 Å². The summed E-state index contributed by atoms with van der Waals surface area (Å²) in [6.45, 7) is 1.77. The molecule has 0 unspecified atom stereocenters. The van der Waals surface area contributed by atoms with Gasteiger partial charge < -0.3 is 5.32 Å². The van der Waals surface area contributed by atoms with Crippen LogP contribution in [0.5, 0.6) is 0 Å². The molecular weight excluding hydrogens is 298 g/mol. The summed E-state index contributed by atoms with van der Waals surface area (Å²) in [5.74, 6) is -0.161. The van der Waals surface area contributed by atoms with Crippen LogP contribution in [0.4, 0.5) is 5.13 Å². The molecule has 1 amide bonds. The molecule has 0 aliphatic carbocycles. The number of aromatic nitrogens is 4. The molecule has 0 bridgehead atoms. The lowest BCUT2D eigenvalue weighted by Crippen LogP contribution is -2.23. The van der Waals surface area contributed by atoms with E-state index in [1.807, 2.05) is 23.6 Å². The summed E-state index contributed by atoms with van der Waals surface area (Å²) in [6.07, 6.45) is 3.68. The van der Waals surface area contributed by atoms with E-state index in [2.05, 4.69) is 32.5 Å². The number of carbonyl (C=O) groups excluding carboxylic acids is 1. The largest absolute Gasteiger partial charge is 0.300 e. The molecule has 2 aromatic heterocycles. The molecule has 0 radical (unpaired) electrons. The lowest BCUT2D eigenvalue weighted by molar-refractivity contribution is -0.119. The van der Waals surface area contributed by atoms with Gasteiger partial charge in [0, 0.05) is 11.8 Å². The number of nitrogens with zero attached hydrogens (tertiary/aromatic N) is 4. The second-order valence-electron chi connectivity index (χ2n) is 4.85. The normalized spacial score (nSPS) is 12.0. The van der Waals surface area contributed by atoms with Gasteiger partial charge in [0.05, 0.1) is 5.69 Å². The first-order chi connectivity index (χ1) is 10.7. The Balaban J connectivity index is 1.63. The highest BCUT2D eigenvalue weighted by molar-refractivity contribution is 7.13. The van der Waals surface area contributed by atoms with E-state index >= 15 is 0 Å². The van der Waals surface area contributed by atoms with E-state index in [4.69, 9.17) is 0 Å². The number of anilines is 1. The zero-order valence-corrected chi connectivity index (χ0v) is 12.8. The van der Waals surface area contributed by atoms with Crippen LogP contribution in [0.15, 0.2) is 48.4 Å². The summed E-state index contributed by atoms with van der Waals surface area (Å²) in [5, 5.41) is 9.34. The van der Waals surface area contributed by atoms with Gasteiger partial charge in [-0.05, 0) is 12.5 Å². The van der Waals surface area contributed by atoms with Crippen molar-refractivity contribution in [3.8, 4) is 0 Å². The third-order valence-electron chi connectivity index (χ3n) is 3.22. The summed E-state index contributed by atoms with van der Waals surface area (Å²) in [5.41, 5.74) is 2.14. The van der Waals surface area contributed by atoms with E-state index in [1.54, 1.807) is 6.92 Å². The molecule has 0 spiro atoms. The van der Waals surface area contributed by atoms with Crippen molar-refractivity contribution in [1.82, 2.24) is 19.7 Å². The van der Waals surface area contributed by atoms with E-state index in [0.29, 0.717) is 5.13 Å². The maximum absolute atomic E-state index is 12.1. The van der Waals surface area contributed by atoms with Gasteiger partial charge in [0.25, 0.3) is 5.91 Å².